The van der Waals surface area contributed by atoms with Gasteiger partial charge in [0.05, 0.1) is 18.5 Å². The third kappa shape index (κ3) is 4.04. The monoisotopic (exact) mass is 521 g/mol. The molecule has 0 amide bonds. The molecule has 1 aliphatic rings. The summed E-state index contributed by atoms with van der Waals surface area (Å²) < 4.78 is 88.1. The van der Waals surface area contributed by atoms with E-state index in [1.54, 1.807) is 38.3 Å². The minimum atomic E-state index is -2.26. The van der Waals surface area contributed by atoms with Gasteiger partial charge in [0.2, 0.25) is 34.8 Å². The lowest BCUT2D eigenvalue weighted by Crippen LogP contribution is -2.61. The van der Waals surface area contributed by atoms with Gasteiger partial charge in [-0.05, 0) is 18.6 Å². The van der Waals surface area contributed by atoms with Crippen molar-refractivity contribution in [2.45, 2.75) is 18.9 Å². The van der Waals surface area contributed by atoms with Gasteiger partial charge in [-0.1, -0.05) is 24.8 Å². The van der Waals surface area contributed by atoms with Gasteiger partial charge in [0.1, 0.15) is 12.4 Å². The summed E-state index contributed by atoms with van der Waals surface area (Å²) in [7, 11) is 1.54. The molecule has 1 aromatic carbocycles. The summed E-state index contributed by atoms with van der Waals surface area (Å²) in [6.45, 7) is 5.60. The van der Waals surface area contributed by atoms with Crippen molar-refractivity contribution in [2.24, 2.45) is 13.0 Å². The highest BCUT2D eigenvalue weighted by Gasteiger charge is 2.48. The van der Waals surface area contributed by atoms with E-state index in [0.29, 0.717) is 12.0 Å². The first-order chi connectivity index (χ1) is 17.6. The number of pyridine rings is 1. The molecule has 0 saturated heterocycles. The van der Waals surface area contributed by atoms with E-state index < -0.39 is 52.2 Å². The second kappa shape index (κ2) is 9.72. The number of imidazole rings is 1. The molecule has 11 heteroatoms. The number of halogens is 6. The maximum Gasteiger partial charge on any atom is 0.442 e. The van der Waals surface area contributed by atoms with Crippen LogP contribution in [0.15, 0.2) is 67.7 Å². The molecule has 5 nitrogen and oxygen atoms in total. The number of hydrogen-bond acceptors (Lipinski definition) is 2. The Balaban J connectivity index is 1.96. The Morgan fingerprint density at radius 1 is 1.11 bits per heavy atom. The van der Waals surface area contributed by atoms with Gasteiger partial charge < -0.3 is 0 Å². The summed E-state index contributed by atoms with van der Waals surface area (Å²) in [4.78, 5) is 15.6. The highest BCUT2D eigenvalue weighted by molar-refractivity contribution is 5.85. The van der Waals surface area contributed by atoms with Crippen LogP contribution in [0.3, 0.4) is 0 Å². The summed E-state index contributed by atoms with van der Waals surface area (Å²) in [5.41, 5.74) is -2.01. The molecule has 0 spiro atoms. The lowest BCUT2D eigenvalue weighted by atomic mass is 9.75. The number of rotatable bonds is 6. The second-order valence-corrected chi connectivity index (χ2v) is 8.61. The number of nitrogens with zero attached hydrogens (tertiary/aromatic N) is 3. The predicted molar refractivity (Wildman–Crippen MR) is 119 cm³/mol. The standard InChI is InChI=1S/C26H21F6N3O2/c1-4-26(2,35-12-8-7-11-17(35)25(36)37-32)16-10-6-5-9-15(16)24-33(3)13-14-34(24)23-21(30)19(28)18(27)20(29)22(23)31/h4-9,11-14,16H,1,10H2,2-3H3/q+2/t16?,26-/m0/s1. The largest absolute Gasteiger partial charge is 0.442 e. The second-order valence-electron chi connectivity index (χ2n) is 8.61. The lowest BCUT2D eigenvalue weighted by molar-refractivity contribution is -0.757. The Hall–Kier alpha value is -4.15. The zero-order valence-corrected chi connectivity index (χ0v) is 19.7. The van der Waals surface area contributed by atoms with E-state index in [2.05, 4.69) is 11.5 Å². The number of carbonyl (C=O) groups excluding carboxylic acids is 1. The van der Waals surface area contributed by atoms with Gasteiger partial charge >= 0.3 is 5.97 Å². The van der Waals surface area contributed by atoms with E-state index >= 15 is 0 Å². The normalized spacial score (nSPS) is 16.8. The molecule has 0 fully saturated rings. The van der Waals surface area contributed by atoms with Gasteiger partial charge in [0.25, 0.3) is 11.5 Å². The van der Waals surface area contributed by atoms with E-state index in [-0.39, 0.29) is 11.5 Å². The van der Waals surface area contributed by atoms with E-state index in [4.69, 9.17) is 0 Å². The van der Waals surface area contributed by atoms with E-state index in [0.717, 1.165) is 4.57 Å². The molecule has 192 valence electrons. The third-order valence-electron chi connectivity index (χ3n) is 6.62. The molecule has 2 aromatic heterocycles. The Labute approximate surface area is 207 Å². The molecule has 0 bridgehead atoms. The minimum absolute atomic E-state index is 0.108. The molecule has 1 aliphatic carbocycles. The molecule has 2 atom stereocenters. The third-order valence-corrected chi connectivity index (χ3v) is 6.62. The summed E-state index contributed by atoms with van der Waals surface area (Å²) >= 11 is 0. The maximum absolute atomic E-state index is 14.8. The zero-order chi connectivity index (χ0) is 27.1. The molecule has 1 unspecified atom stereocenters. The molecule has 37 heavy (non-hydrogen) atoms. The fraction of sp³-hybridized carbons (Fsp3) is 0.192. The van der Waals surface area contributed by atoms with Crippen LogP contribution in [0.5, 0.6) is 0 Å². The highest BCUT2D eigenvalue weighted by atomic mass is 19.3. The Morgan fingerprint density at radius 2 is 1.76 bits per heavy atom. The fourth-order valence-electron chi connectivity index (χ4n) is 4.70. The van der Waals surface area contributed by atoms with Crippen molar-refractivity contribution in [3.63, 3.8) is 0 Å². The van der Waals surface area contributed by atoms with Crippen LogP contribution in [0.1, 0.15) is 29.7 Å². The molecule has 0 radical (unpaired) electrons. The quantitative estimate of drug-likeness (QED) is 0.152. The summed E-state index contributed by atoms with van der Waals surface area (Å²) in [5, 5.41) is 0. The first-order valence-electron chi connectivity index (χ1n) is 11.0. The SMILES string of the molecule is C=C[C@@](C)(C1CC=CC=C1c1n(-c2c(F)c(F)c(F)c(F)c2F)cc[n+]1C)[n+]1ccccc1C(=O)OF. The number of allylic oxidation sites excluding steroid dienone is 5. The van der Waals surface area contributed by atoms with Gasteiger partial charge in [-0.2, -0.15) is 17.9 Å². The number of aryl methyl sites for hydroxylation is 1. The molecular formula is C26H21F6N3O2+2. The summed E-state index contributed by atoms with van der Waals surface area (Å²) in [5.74, 6) is -12.1. The van der Waals surface area contributed by atoms with Crippen LogP contribution in [-0.2, 0) is 17.5 Å². The van der Waals surface area contributed by atoms with Crippen molar-refractivity contribution < 1.29 is 45.3 Å². The van der Waals surface area contributed by atoms with Crippen LogP contribution < -0.4 is 9.13 Å². The molecule has 0 N–H and O–H groups in total. The van der Waals surface area contributed by atoms with Crippen molar-refractivity contribution in [3.8, 4) is 5.69 Å². The lowest BCUT2D eigenvalue weighted by Gasteiger charge is -2.32. The van der Waals surface area contributed by atoms with Crippen molar-refractivity contribution in [1.29, 1.82) is 0 Å². The number of carbonyl (C=O) groups is 1. The number of benzene rings is 1. The van der Waals surface area contributed by atoms with Crippen molar-refractivity contribution in [3.05, 3.63) is 108 Å². The Morgan fingerprint density at radius 3 is 2.38 bits per heavy atom. The maximum atomic E-state index is 14.8. The molecular weight excluding hydrogens is 500 g/mol. The van der Waals surface area contributed by atoms with Gasteiger partial charge in [-0.3, -0.25) is 0 Å². The molecule has 4 rings (SSSR count). The topological polar surface area (TPSA) is 39.0 Å². The van der Waals surface area contributed by atoms with Crippen molar-refractivity contribution >= 4 is 11.5 Å². The van der Waals surface area contributed by atoms with Gasteiger partial charge in [-0.15, -0.1) is 0 Å². The number of aromatic nitrogens is 3. The predicted octanol–water partition coefficient (Wildman–Crippen LogP) is 4.89. The fourth-order valence-corrected chi connectivity index (χ4v) is 4.70. The van der Waals surface area contributed by atoms with Crippen LogP contribution in [-0.4, -0.2) is 10.5 Å². The van der Waals surface area contributed by atoms with Crippen LogP contribution in [0.2, 0.25) is 0 Å². The average molecular weight is 521 g/mol. The van der Waals surface area contributed by atoms with Gasteiger partial charge in [0, 0.05) is 23.6 Å². The molecule has 3 aromatic rings. The molecule has 0 aliphatic heterocycles. The summed E-state index contributed by atoms with van der Waals surface area (Å²) in [6.07, 6.45) is 11.0. The van der Waals surface area contributed by atoms with Gasteiger partial charge in [0.15, 0.2) is 11.7 Å². The van der Waals surface area contributed by atoms with Gasteiger partial charge in [-0.25, -0.2) is 27.5 Å². The average Bonchev–Trinajstić information content (AvgIpc) is 3.30. The Bertz CT molecular complexity index is 1450. The van der Waals surface area contributed by atoms with E-state index in [1.807, 2.05) is 0 Å². The van der Waals surface area contributed by atoms with Crippen LogP contribution in [0.25, 0.3) is 11.3 Å². The smallest absolute Gasteiger partial charge is 0.242 e. The van der Waals surface area contributed by atoms with Crippen LogP contribution in [0, 0.1) is 35.0 Å². The first kappa shape index (κ1) is 25.9. The number of hydrogen-bond donors (Lipinski definition) is 0. The minimum Gasteiger partial charge on any atom is -0.242 e. The highest BCUT2D eigenvalue weighted by Crippen LogP contribution is 2.40. The Kier molecular flexibility index (Phi) is 6.81. The van der Waals surface area contributed by atoms with E-state index in [9.17, 15) is 31.3 Å². The van der Waals surface area contributed by atoms with Crippen LogP contribution in [0.4, 0.5) is 26.5 Å². The van der Waals surface area contributed by atoms with E-state index in [1.165, 1.54) is 45.9 Å². The van der Waals surface area contributed by atoms with Crippen LogP contribution >= 0.6 is 0 Å². The molecule has 0 saturated carbocycles. The first-order valence-corrected chi connectivity index (χ1v) is 11.0. The molecule has 2 heterocycles. The van der Waals surface area contributed by atoms with Crippen molar-refractivity contribution in [2.75, 3.05) is 0 Å². The zero-order valence-electron chi connectivity index (χ0n) is 19.7. The van der Waals surface area contributed by atoms with Crippen molar-refractivity contribution in [1.82, 2.24) is 4.57 Å². The summed E-state index contributed by atoms with van der Waals surface area (Å²) in [6, 6.07) is 4.47.